The molecule has 0 aromatic carbocycles. The molecule has 2 rings (SSSR count). The fourth-order valence-corrected chi connectivity index (χ4v) is 5.34. The van der Waals surface area contributed by atoms with Gasteiger partial charge in [0.05, 0.1) is 4.87 Å². The van der Waals surface area contributed by atoms with Crippen molar-refractivity contribution in [3.05, 3.63) is 11.6 Å². The molecule has 0 radical (unpaired) electrons. The fourth-order valence-electron chi connectivity index (χ4n) is 3.76. The lowest BCUT2D eigenvalue weighted by Gasteiger charge is -2.58. The summed E-state index contributed by atoms with van der Waals surface area (Å²) in [6.45, 7) is 9.32. The molecule has 0 nitrogen and oxygen atoms in total. The Hall–Kier alpha value is 0.990. The SMILES string of the molecule is CC1=CC[C@H](Br)C(C)(C)[C@@]12CC[C@](C)(Cl)[C@@H](Br)C2. The van der Waals surface area contributed by atoms with E-state index in [0.29, 0.717) is 15.1 Å². The van der Waals surface area contributed by atoms with Gasteiger partial charge in [0.1, 0.15) is 0 Å². The first-order chi connectivity index (χ1) is 8.13. The van der Waals surface area contributed by atoms with Crippen LogP contribution in [-0.2, 0) is 0 Å². The van der Waals surface area contributed by atoms with E-state index in [4.69, 9.17) is 11.6 Å². The van der Waals surface area contributed by atoms with Crippen LogP contribution in [0.1, 0.15) is 53.4 Å². The van der Waals surface area contributed by atoms with Crippen molar-refractivity contribution in [1.29, 1.82) is 0 Å². The van der Waals surface area contributed by atoms with Crippen molar-refractivity contribution in [2.45, 2.75) is 67.9 Å². The normalized spacial score (nSPS) is 48.1. The average Bonchev–Trinajstić information content (AvgIpc) is 2.27. The van der Waals surface area contributed by atoms with Gasteiger partial charge in [-0.3, -0.25) is 0 Å². The van der Waals surface area contributed by atoms with E-state index >= 15 is 0 Å². The second kappa shape index (κ2) is 4.77. The van der Waals surface area contributed by atoms with Gasteiger partial charge in [-0.1, -0.05) is 57.4 Å². The van der Waals surface area contributed by atoms with Crippen molar-refractivity contribution in [1.82, 2.24) is 0 Å². The van der Waals surface area contributed by atoms with E-state index in [2.05, 4.69) is 65.6 Å². The monoisotopic (exact) mass is 396 g/mol. The highest BCUT2D eigenvalue weighted by Crippen LogP contribution is 2.63. The zero-order chi connectivity index (χ0) is 13.8. The van der Waals surface area contributed by atoms with Gasteiger partial charge in [-0.2, -0.15) is 0 Å². The molecule has 4 atom stereocenters. The first-order valence-corrected chi connectivity index (χ1v) is 8.99. The lowest BCUT2D eigenvalue weighted by molar-refractivity contribution is 0.0482. The van der Waals surface area contributed by atoms with Crippen LogP contribution in [0.25, 0.3) is 0 Å². The maximum Gasteiger partial charge on any atom is 0.0544 e. The molecular weight excluding hydrogens is 375 g/mol. The smallest absolute Gasteiger partial charge is 0.0544 e. The highest BCUT2D eigenvalue weighted by Gasteiger charge is 2.56. The van der Waals surface area contributed by atoms with Gasteiger partial charge in [0.25, 0.3) is 0 Å². The Kier molecular flexibility index (Phi) is 4.08. The Morgan fingerprint density at radius 1 is 1.17 bits per heavy atom. The molecule has 1 fully saturated rings. The standard InChI is InChI=1S/C15H23Br2Cl/c1-10-5-6-11(16)13(2,3)15(10)8-7-14(4,18)12(17)9-15/h5,11-12H,6-9H2,1-4H3/t11-,12-,14-,15+/m0/s1. The third-order valence-corrected chi connectivity index (χ3v) is 9.19. The Morgan fingerprint density at radius 2 is 1.78 bits per heavy atom. The predicted octanol–water partition coefficient (Wildman–Crippen LogP) is 6.06. The fraction of sp³-hybridized carbons (Fsp3) is 0.867. The lowest BCUT2D eigenvalue weighted by atomic mass is 9.51. The van der Waals surface area contributed by atoms with Crippen LogP contribution in [0.15, 0.2) is 11.6 Å². The van der Waals surface area contributed by atoms with E-state index in [1.807, 2.05) is 0 Å². The highest BCUT2D eigenvalue weighted by molar-refractivity contribution is 9.09. The van der Waals surface area contributed by atoms with Gasteiger partial charge in [-0.15, -0.1) is 11.6 Å². The summed E-state index contributed by atoms with van der Waals surface area (Å²) in [4.78, 5) is 0.856. The van der Waals surface area contributed by atoms with Crippen LogP contribution in [0.3, 0.4) is 0 Å². The second-order valence-corrected chi connectivity index (χ2v) is 9.92. The van der Waals surface area contributed by atoms with Crippen LogP contribution >= 0.6 is 43.5 Å². The molecule has 104 valence electrons. The van der Waals surface area contributed by atoms with Crippen molar-refractivity contribution < 1.29 is 0 Å². The Balaban J connectivity index is 2.41. The molecule has 0 heterocycles. The van der Waals surface area contributed by atoms with Crippen LogP contribution in [0.2, 0.25) is 0 Å². The van der Waals surface area contributed by atoms with Crippen molar-refractivity contribution in [2.75, 3.05) is 0 Å². The van der Waals surface area contributed by atoms with Gasteiger partial charge in [0.2, 0.25) is 0 Å². The van der Waals surface area contributed by atoms with Gasteiger partial charge in [0, 0.05) is 9.65 Å². The Labute approximate surface area is 133 Å². The van der Waals surface area contributed by atoms with Gasteiger partial charge < -0.3 is 0 Å². The maximum atomic E-state index is 6.62. The molecule has 0 unspecified atom stereocenters. The van der Waals surface area contributed by atoms with Gasteiger partial charge in [-0.25, -0.2) is 0 Å². The van der Waals surface area contributed by atoms with Crippen molar-refractivity contribution >= 4 is 43.5 Å². The molecule has 2 aliphatic rings. The number of hydrogen-bond donors (Lipinski definition) is 0. The molecule has 0 saturated heterocycles. The summed E-state index contributed by atoms with van der Waals surface area (Å²) in [7, 11) is 0. The molecule has 0 N–H and O–H groups in total. The molecular formula is C15H23Br2Cl. The summed E-state index contributed by atoms with van der Waals surface area (Å²) in [6.07, 6.45) is 7.00. The number of hydrogen-bond acceptors (Lipinski definition) is 0. The van der Waals surface area contributed by atoms with Crippen LogP contribution in [0.5, 0.6) is 0 Å². The van der Waals surface area contributed by atoms with E-state index in [1.54, 1.807) is 5.57 Å². The highest BCUT2D eigenvalue weighted by atomic mass is 79.9. The summed E-state index contributed by atoms with van der Waals surface area (Å²) in [5.41, 5.74) is 2.15. The molecule has 18 heavy (non-hydrogen) atoms. The quantitative estimate of drug-likeness (QED) is 0.344. The Morgan fingerprint density at radius 3 is 2.33 bits per heavy atom. The lowest BCUT2D eigenvalue weighted by Crippen LogP contribution is -2.53. The molecule has 0 amide bonds. The van der Waals surface area contributed by atoms with Crippen molar-refractivity contribution in [3.8, 4) is 0 Å². The van der Waals surface area contributed by atoms with Crippen molar-refractivity contribution in [3.63, 3.8) is 0 Å². The van der Waals surface area contributed by atoms with E-state index in [0.717, 1.165) is 19.3 Å². The zero-order valence-electron chi connectivity index (χ0n) is 11.7. The molecule has 1 spiro atoms. The minimum absolute atomic E-state index is 0.0964. The minimum Gasteiger partial charge on any atom is -0.118 e. The molecule has 0 aromatic rings. The maximum absolute atomic E-state index is 6.62. The summed E-state index contributed by atoms with van der Waals surface area (Å²) in [5.74, 6) is 0. The summed E-state index contributed by atoms with van der Waals surface area (Å²) < 4.78 is 0. The van der Waals surface area contributed by atoms with Gasteiger partial charge >= 0.3 is 0 Å². The van der Waals surface area contributed by atoms with E-state index in [1.165, 1.54) is 6.42 Å². The topological polar surface area (TPSA) is 0 Å². The van der Waals surface area contributed by atoms with Crippen LogP contribution < -0.4 is 0 Å². The van der Waals surface area contributed by atoms with Gasteiger partial charge in [0.15, 0.2) is 0 Å². The van der Waals surface area contributed by atoms with Crippen molar-refractivity contribution in [2.24, 2.45) is 10.8 Å². The third kappa shape index (κ3) is 2.15. The summed E-state index contributed by atoms with van der Waals surface area (Å²) in [5, 5.41) is 0. The summed E-state index contributed by atoms with van der Waals surface area (Å²) >= 11 is 14.4. The molecule has 0 aromatic heterocycles. The minimum atomic E-state index is -0.0964. The Bertz CT molecular complexity index is 373. The van der Waals surface area contributed by atoms with Crippen LogP contribution in [-0.4, -0.2) is 14.5 Å². The van der Waals surface area contributed by atoms with E-state index in [-0.39, 0.29) is 10.3 Å². The number of allylic oxidation sites excluding steroid dienone is 2. The second-order valence-electron chi connectivity index (χ2n) is 6.84. The average molecular weight is 399 g/mol. The zero-order valence-corrected chi connectivity index (χ0v) is 15.6. The van der Waals surface area contributed by atoms with E-state index < -0.39 is 0 Å². The third-order valence-electron chi connectivity index (χ3n) is 5.62. The molecule has 1 saturated carbocycles. The van der Waals surface area contributed by atoms with Crippen LogP contribution in [0.4, 0.5) is 0 Å². The summed E-state index contributed by atoms with van der Waals surface area (Å²) in [6, 6.07) is 0. The molecule has 3 heteroatoms. The largest absolute Gasteiger partial charge is 0.118 e. The molecule has 0 bridgehead atoms. The number of halogens is 3. The first-order valence-electron chi connectivity index (χ1n) is 6.78. The van der Waals surface area contributed by atoms with E-state index in [9.17, 15) is 0 Å². The number of rotatable bonds is 0. The number of alkyl halides is 3. The van der Waals surface area contributed by atoms with Gasteiger partial charge in [-0.05, 0) is 50.4 Å². The van der Waals surface area contributed by atoms with Crippen LogP contribution in [0, 0.1) is 10.8 Å². The molecule has 0 aliphatic heterocycles. The molecule has 2 aliphatic carbocycles. The predicted molar refractivity (Wildman–Crippen MR) is 88.1 cm³/mol. The first kappa shape index (κ1) is 15.4.